The molecule has 190 valence electrons. The predicted molar refractivity (Wildman–Crippen MR) is 104 cm³/mol. The van der Waals surface area contributed by atoms with Gasteiger partial charge in [0.05, 0.1) is 0 Å². The third-order valence-corrected chi connectivity index (χ3v) is 4.66. The number of aryl methyl sites for hydroxylation is 2. The van der Waals surface area contributed by atoms with Gasteiger partial charge in [-0.15, -0.1) is 20.5 Å². The Balaban J connectivity index is 0.000000389. The quantitative estimate of drug-likeness (QED) is 0.232. The van der Waals surface area contributed by atoms with Crippen molar-refractivity contribution in [3.63, 3.8) is 0 Å². The number of pyridine rings is 2. The summed E-state index contributed by atoms with van der Waals surface area (Å²) in [4.78, 5) is 0. The fourth-order valence-electron chi connectivity index (χ4n) is 3.02. The number of nitrogens with zero attached hydrogens (tertiary/aromatic N) is 2. The molecule has 4 aromatic rings. The molecule has 2 aromatic heterocycles. The molecule has 0 spiro atoms. The highest BCUT2D eigenvalue weighted by molar-refractivity contribution is 5.61. The lowest BCUT2D eigenvalue weighted by atomic mass is 10.1. The molecule has 36 heavy (non-hydrogen) atoms. The Hall–Kier alpha value is -3.00. The van der Waals surface area contributed by atoms with E-state index in [0.29, 0.717) is 0 Å². The van der Waals surface area contributed by atoms with Crippen LogP contribution in [0.2, 0.25) is 0 Å². The zero-order chi connectivity index (χ0) is 26.9. The lowest BCUT2D eigenvalue weighted by molar-refractivity contribution is -2.00. The summed E-state index contributed by atoms with van der Waals surface area (Å²) < 4.78 is 72.2. The zero-order valence-corrected chi connectivity index (χ0v) is 20.7. The maximum Gasteiger partial charge on any atom is 0.210 e. The molecular weight excluding hydrogens is 515 g/mol. The summed E-state index contributed by atoms with van der Waals surface area (Å²) in [6.07, 6.45) is 8.45. The van der Waals surface area contributed by atoms with Gasteiger partial charge in [-0.3, -0.25) is 0 Å². The molecule has 0 radical (unpaired) electrons. The Kier molecular flexibility index (Phi) is 10.4. The van der Waals surface area contributed by atoms with Crippen molar-refractivity contribution in [1.82, 2.24) is 0 Å². The molecule has 0 saturated carbocycles. The molecule has 0 amide bonds. The second-order valence-electron chi connectivity index (χ2n) is 7.42. The standard InChI is InChI=1S/C24H22N2.2ClHO4/c1-19-3-7-23(8-4-19)25-15-11-21(12-16-25)22-13-17-26(18-14-22)24-9-5-20(2)6-10-24;2*2-1(3,4)5/h3-18H,1-2H3;2*(H,2,3,4,5)/q+2;;/p-2. The first kappa shape index (κ1) is 29.2. The molecule has 0 unspecified atom stereocenters. The number of aromatic nitrogens is 2. The SMILES string of the molecule is Cc1ccc(-[n+]2ccc(-c3cc[n+](-c4ccc(C)cc4)cc3)cc2)cc1.[O-][Cl+3]([O-])([O-])[O-].[O-][Cl+3]([O-])([O-])[O-]. The Labute approximate surface area is 211 Å². The molecule has 4 rings (SSSR count). The molecule has 12 heteroatoms. The summed E-state index contributed by atoms with van der Waals surface area (Å²) in [6, 6.07) is 25.7. The molecule has 0 aliphatic rings. The van der Waals surface area contributed by atoms with E-state index in [1.807, 2.05) is 0 Å². The van der Waals surface area contributed by atoms with E-state index < -0.39 is 20.5 Å². The number of benzene rings is 2. The molecule has 0 saturated heterocycles. The van der Waals surface area contributed by atoms with Crippen LogP contribution >= 0.6 is 0 Å². The summed E-state index contributed by atoms with van der Waals surface area (Å²) in [5.74, 6) is 0. The second-order valence-corrected chi connectivity index (χ2v) is 8.93. The van der Waals surface area contributed by atoms with Crippen molar-refractivity contribution in [3.05, 3.63) is 109 Å². The fraction of sp³-hybridized carbons (Fsp3) is 0.0833. The third-order valence-electron chi connectivity index (χ3n) is 4.66. The van der Waals surface area contributed by atoms with Crippen LogP contribution in [0, 0.1) is 34.3 Å². The third kappa shape index (κ3) is 11.6. The molecule has 2 heterocycles. The topological polar surface area (TPSA) is 192 Å². The van der Waals surface area contributed by atoms with E-state index in [1.165, 1.54) is 33.6 Å². The lowest BCUT2D eigenvalue weighted by Gasteiger charge is -2.17. The highest BCUT2D eigenvalue weighted by Crippen LogP contribution is 2.17. The highest BCUT2D eigenvalue weighted by atomic mass is 35.7. The molecule has 2 aromatic carbocycles. The van der Waals surface area contributed by atoms with E-state index in [2.05, 4.69) is 121 Å². The van der Waals surface area contributed by atoms with Crippen LogP contribution in [-0.2, 0) is 0 Å². The van der Waals surface area contributed by atoms with Crippen LogP contribution in [0.4, 0.5) is 0 Å². The van der Waals surface area contributed by atoms with Crippen LogP contribution in [0.15, 0.2) is 97.6 Å². The van der Waals surface area contributed by atoms with Gasteiger partial charge in [-0.1, -0.05) is 35.4 Å². The van der Waals surface area contributed by atoms with E-state index in [1.54, 1.807) is 0 Å². The first-order valence-electron chi connectivity index (χ1n) is 10.1. The monoisotopic (exact) mass is 536 g/mol. The van der Waals surface area contributed by atoms with Gasteiger partial charge in [0.1, 0.15) is 0 Å². The molecule has 0 aliphatic heterocycles. The van der Waals surface area contributed by atoms with Crippen molar-refractivity contribution in [1.29, 1.82) is 0 Å². The van der Waals surface area contributed by atoms with Gasteiger partial charge in [0, 0.05) is 48.5 Å². The van der Waals surface area contributed by atoms with Crippen LogP contribution in [0.25, 0.3) is 22.5 Å². The zero-order valence-electron chi connectivity index (χ0n) is 19.2. The first-order chi connectivity index (χ1) is 16.7. The van der Waals surface area contributed by atoms with Gasteiger partial charge in [0.2, 0.25) is 11.4 Å². The normalized spacial score (nSPS) is 11.1. The molecular formula is C24H22Cl2N2O8. The van der Waals surface area contributed by atoms with E-state index in [9.17, 15) is 0 Å². The van der Waals surface area contributed by atoms with Gasteiger partial charge < -0.3 is 0 Å². The van der Waals surface area contributed by atoms with Crippen molar-refractivity contribution >= 4 is 0 Å². The predicted octanol–water partition coefficient (Wildman–Crippen LogP) is -4.99. The molecule has 0 bridgehead atoms. The second kappa shape index (κ2) is 12.8. The van der Waals surface area contributed by atoms with E-state index in [-0.39, 0.29) is 0 Å². The van der Waals surface area contributed by atoms with Crippen LogP contribution < -0.4 is 46.4 Å². The smallest absolute Gasteiger partial charge is 0.210 e. The van der Waals surface area contributed by atoms with Crippen LogP contribution in [0.1, 0.15) is 11.1 Å². The average Bonchev–Trinajstić information content (AvgIpc) is 2.78. The Morgan fingerprint density at radius 1 is 0.417 bits per heavy atom. The molecule has 0 N–H and O–H groups in total. The van der Waals surface area contributed by atoms with Crippen LogP contribution in [-0.4, -0.2) is 0 Å². The summed E-state index contributed by atoms with van der Waals surface area (Å²) in [6.45, 7) is 4.21. The largest absolute Gasteiger partial charge is 0.222 e. The molecule has 0 aliphatic carbocycles. The van der Waals surface area contributed by atoms with Gasteiger partial charge >= 0.3 is 0 Å². The van der Waals surface area contributed by atoms with Gasteiger partial charge in [-0.2, -0.15) is 9.13 Å². The average molecular weight is 537 g/mol. The van der Waals surface area contributed by atoms with Crippen molar-refractivity contribution in [2.75, 3.05) is 0 Å². The van der Waals surface area contributed by atoms with Gasteiger partial charge in [0.15, 0.2) is 24.8 Å². The van der Waals surface area contributed by atoms with Crippen LogP contribution in [0.3, 0.4) is 0 Å². The minimum absolute atomic E-state index is 1.17. The summed E-state index contributed by atoms with van der Waals surface area (Å²) >= 11 is 0. The van der Waals surface area contributed by atoms with Crippen molar-refractivity contribution in [3.8, 4) is 22.5 Å². The fourth-order valence-corrected chi connectivity index (χ4v) is 3.02. The maximum atomic E-state index is 8.49. The first-order valence-corrected chi connectivity index (χ1v) is 12.6. The summed E-state index contributed by atoms with van der Waals surface area (Å²) in [5.41, 5.74) is 7.32. The maximum absolute atomic E-state index is 8.49. The molecule has 0 fully saturated rings. The molecule has 0 atom stereocenters. The van der Waals surface area contributed by atoms with Crippen molar-refractivity contribution in [2.24, 2.45) is 0 Å². The Morgan fingerprint density at radius 3 is 0.861 bits per heavy atom. The number of hydrogen-bond donors (Lipinski definition) is 0. The Bertz CT molecular complexity index is 1100. The minimum atomic E-state index is -4.94. The highest BCUT2D eigenvalue weighted by Gasteiger charge is 2.09. The van der Waals surface area contributed by atoms with Gasteiger partial charge in [0.25, 0.3) is 0 Å². The summed E-state index contributed by atoms with van der Waals surface area (Å²) in [5, 5.41) is 0. The Morgan fingerprint density at radius 2 is 0.639 bits per heavy atom. The van der Waals surface area contributed by atoms with Crippen LogP contribution in [0.5, 0.6) is 0 Å². The van der Waals surface area contributed by atoms with Crippen molar-refractivity contribution in [2.45, 2.75) is 13.8 Å². The number of halogens is 2. The van der Waals surface area contributed by atoms with E-state index >= 15 is 0 Å². The summed E-state index contributed by atoms with van der Waals surface area (Å²) in [7, 11) is -9.89. The van der Waals surface area contributed by atoms with Gasteiger partial charge in [-0.25, -0.2) is 37.3 Å². The minimum Gasteiger partial charge on any atom is -0.222 e. The molecule has 10 nitrogen and oxygen atoms in total. The van der Waals surface area contributed by atoms with Gasteiger partial charge in [-0.05, 0) is 25.0 Å². The van der Waals surface area contributed by atoms with E-state index in [0.717, 1.165) is 0 Å². The number of hydrogen-bond acceptors (Lipinski definition) is 8. The van der Waals surface area contributed by atoms with E-state index in [4.69, 9.17) is 37.3 Å². The van der Waals surface area contributed by atoms with Crippen molar-refractivity contribution < 1.29 is 66.9 Å². The number of rotatable bonds is 3. The lowest BCUT2D eigenvalue weighted by Crippen LogP contribution is -2.68.